The lowest BCUT2D eigenvalue weighted by Crippen LogP contribution is -2.36. The highest BCUT2D eigenvalue weighted by Crippen LogP contribution is 2.60. The molecule has 0 aliphatic carbocycles. The van der Waals surface area contributed by atoms with Crippen molar-refractivity contribution in [1.82, 2.24) is 28.7 Å². The minimum absolute atomic E-state index is 0. The van der Waals surface area contributed by atoms with E-state index in [1.54, 1.807) is 44.2 Å². The second-order valence-corrected chi connectivity index (χ2v) is 28.6. The summed E-state index contributed by atoms with van der Waals surface area (Å²) in [4.78, 5) is 47.3. The largest absolute Gasteiger partial charge is 0.475 e. The van der Waals surface area contributed by atoms with E-state index >= 15 is 0 Å². The fourth-order valence-corrected chi connectivity index (χ4v) is 15.4. The molecule has 40 heteroatoms. The number of hydrogen-bond acceptors (Lipinski definition) is 28. The standard InChI is InChI=1S/2C19H21ClFN2O8P.C18H20Cl2N3O8P.CH4/c1-10-4-6-23(19(26)22-10)18-17(25)16(24)15(30-18)9-29-32(27)28-7-5-14(31-32)12-8-11(21)2-3-13(12)20;1-10-4-6-23(19(26)22-10)18-17(25)16(24)15(30-18)9-29-32(27)28-7-5-14(31-32)12-8-11(20)2-3-13(12)21;19-9-1-2-11(20)10(7-9)12-4-6-28-32(27,31-12)29-8-13-15(24)16(25)17(30-13)23-5-3-14(21)22-18(23)26;/h2*2-4,6,8,14-18,24-25H,5,7,9H2,1H3;1-3,5,7,12-13,15-17,24-25H,4,6,8H2,(H2,21,22,26);1H4/t2*14-,15-,16-,17+,18-,32+;12-,13-,15-,16+,17-,32+;/m111./s1. The van der Waals surface area contributed by atoms with E-state index in [-0.39, 0.29) is 61.5 Å². The van der Waals surface area contributed by atoms with Gasteiger partial charge in [-0.25, -0.2) is 36.9 Å². The summed E-state index contributed by atoms with van der Waals surface area (Å²) in [6.07, 6.45) is -13.4. The van der Waals surface area contributed by atoms with E-state index in [0.717, 1.165) is 13.7 Å². The molecule has 0 spiro atoms. The molecule has 31 nitrogen and oxygen atoms in total. The van der Waals surface area contributed by atoms with Crippen LogP contribution in [0.2, 0.25) is 20.1 Å². The summed E-state index contributed by atoms with van der Waals surface area (Å²) in [6.45, 7) is 1.91. The number of nitrogens with two attached hydrogens (primary N) is 1. The van der Waals surface area contributed by atoms with Crippen LogP contribution in [0.25, 0.3) is 0 Å². The van der Waals surface area contributed by atoms with Gasteiger partial charge < -0.3 is 50.6 Å². The molecule has 18 atom stereocenters. The van der Waals surface area contributed by atoms with E-state index < -0.39 is 164 Å². The Morgan fingerprint density at radius 2 is 0.856 bits per heavy atom. The maximum Gasteiger partial charge on any atom is 0.475 e. The monoisotopic (exact) mass is 1500 g/mol. The molecule has 0 amide bonds. The lowest BCUT2D eigenvalue weighted by molar-refractivity contribution is -0.0611. The van der Waals surface area contributed by atoms with Gasteiger partial charge in [-0.2, -0.15) is 15.0 Å². The molecule has 9 heterocycles. The van der Waals surface area contributed by atoms with Crippen molar-refractivity contribution in [3.63, 3.8) is 0 Å². The number of ether oxygens (including phenoxy) is 3. The molecule has 0 saturated carbocycles. The van der Waals surface area contributed by atoms with Gasteiger partial charge in [0.1, 0.15) is 72.4 Å². The number of aromatic nitrogens is 6. The number of nitrogens with zero attached hydrogens (tertiary/aromatic N) is 6. The number of benzene rings is 3. The van der Waals surface area contributed by atoms with Gasteiger partial charge in [-0.3, -0.25) is 54.4 Å². The molecule has 530 valence electrons. The van der Waals surface area contributed by atoms with Crippen LogP contribution in [-0.4, -0.2) is 154 Å². The topological polar surface area (TPSA) is 414 Å². The zero-order valence-corrected chi connectivity index (χ0v) is 55.8. The lowest BCUT2D eigenvalue weighted by Gasteiger charge is -2.30. The Labute approximate surface area is 570 Å². The van der Waals surface area contributed by atoms with E-state index in [2.05, 4.69) is 15.0 Å². The zero-order valence-electron chi connectivity index (χ0n) is 50.1. The first kappa shape index (κ1) is 76.3. The van der Waals surface area contributed by atoms with Crippen LogP contribution in [0.3, 0.4) is 0 Å². The van der Waals surface area contributed by atoms with E-state index in [4.69, 9.17) is 107 Å². The Kier molecular flexibility index (Phi) is 25.5. The Balaban J connectivity index is 0.000000170. The highest BCUT2D eigenvalue weighted by molar-refractivity contribution is 7.49. The second kappa shape index (κ2) is 32.4. The van der Waals surface area contributed by atoms with Gasteiger partial charge in [-0.15, -0.1) is 0 Å². The van der Waals surface area contributed by atoms with Crippen molar-refractivity contribution in [1.29, 1.82) is 0 Å². The van der Waals surface area contributed by atoms with Crippen molar-refractivity contribution in [3.8, 4) is 0 Å². The second-order valence-electron chi connectivity index (χ2n) is 22.1. The van der Waals surface area contributed by atoms with Crippen LogP contribution in [0.15, 0.2) is 106 Å². The highest BCUT2D eigenvalue weighted by atomic mass is 35.5. The third-order valence-corrected chi connectivity index (χ3v) is 21.0. The van der Waals surface area contributed by atoms with Crippen molar-refractivity contribution < 1.29 is 108 Å². The molecular weight excluding hydrogens is 1440 g/mol. The smallest absolute Gasteiger partial charge is 0.387 e. The summed E-state index contributed by atoms with van der Waals surface area (Å²) in [5.74, 6) is -1.11. The van der Waals surface area contributed by atoms with Crippen LogP contribution < -0.4 is 22.8 Å². The normalized spacial score (nSPS) is 32.5. The number of phosphoric ester groups is 3. The number of hydrogen-bond donors (Lipinski definition) is 7. The average Bonchev–Trinajstić information content (AvgIpc) is 1.78. The lowest BCUT2D eigenvalue weighted by atomic mass is 10.1. The Hall–Kier alpha value is -4.91. The molecule has 6 fully saturated rings. The molecule has 6 saturated heterocycles. The number of aliphatic hydroxyl groups excluding tert-OH is 6. The number of anilines is 1. The molecule has 97 heavy (non-hydrogen) atoms. The first-order chi connectivity index (χ1) is 45.5. The first-order valence-corrected chi connectivity index (χ1v) is 35.0. The van der Waals surface area contributed by atoms with Gasteiger partial charge in [0, 0.05) is 86.0 Å². The molecule has 0 bridgehead atoms. The maximum atomic E-state index is 14.2. The molecule has 3 aromatic heterocycles. The van der Waals surface area contributed by atoms with Crippen molar-refractivity contribution in [2.24, 2.45) is 0 Å². The van der Waals surface area contributed by atoms with E-state index in [1.165, 1.54) is 61.1 Å². The van der Waals surface area contributed by atoms with Crippen LogP contribution in [0, 0.1) is 25.5 Å². The summed E-state index contributed by atoms with van der Waals surface area (Å²) < 4.78 is 134. The van der Waals surface area contributed by atoms with Gasteiger partial charge >= 0.3 is 40.5 Å². The molecule has 0 unspecified atom stereocenters. The number of aryl methyl sites for hydroxylation is 2. The molecule has 6 aliphatic rings. The molecule has 8 N–H and O–H groups in total. The Bertz CT molecular complexity index is 3710. The molecule has 0 radical (unpaired) electrons. The zero-order chi connectivity index (χ0) is 69.1. The summed E-state index contributed by atoms with van der Waals surface area (Å²) in [5.41, 5.74) is 5.28. The minimum Gasteiger partial charge on any atom is -0.387 e. The van der Waals surface area contributed by atoms with Gasteiger partial charge in [-0.1, -0.05) is 53.8 Å². The summed E-state index contributed by atoms with van der Waals surface area (Å²) >= 11 is 24.2. The number of nitrogen functional groups attached to an aromatic ring is 1. The van der Waals surface area contributed by atoms with Crippen molar-refractivity contribution in [3.05, 3.63) is 183 Å². The number of halogens is 6. The summed E-state index contributed by atoms with van der Waals surface area (Å²) in [6, 6.07) is 16.9. The third-order valence-electron chi connectivity index (χ3n) is 15.4. The van der Waals surface area contributed by atoms with Crippen molar-refractivity contribution in [2.75, 3.05) is 45.4 Å². The highest BCUT2D eigenvalue weighted by Gasteiger charge is 2.50. The summed E-state index contributed by atoms with van der Waals surface area (Å²) in [7, 11) is -12.3. The van der Waals surface area contributed by atoms with Crippen LogP contribution in [-0.2, 0) is 68.6 Å². The van der Waals surface area contributed by atoms with Gasteiger partial charge in [-0.05, 0) is 86.6 Å². The van der Waals surface area contributed by atoms with Crippen LogP contribution in [0.4, 0.5) is 14.6 Å². The molecule has 3 aromatic carbocycles. The molecule has 12 rings (SSSR count). The van der Waals surface area contributed by atoms with Crippen LogP contribution >= 0.6 is 69.9 Å². The predicted molar refractivity (Wildman–Crippen MR) is 337 cm³/mol. The van der Waals surface area contributed by atoms with E-state index in [1.807, 2.05) is 0 Å². The average molecular weight is 1510 g/mol. The van der Waals surface area contributed by atoms with Gasteiger partial charge in [0.05, 0.1) is 58.0 Å². The summed E-state index contributed by atoms with van der Waals surface area (Å²) in [5, 5.41) is 63.3. The van der Waals surface area contributed by atoms with Gasteiger partial charge in [0.2, 0.25) is 0 Å². The van der Waals surface area contributed by atoms with Gasteiger partial charge in [0.15, 0.2) is 18.7 Å². The van der Waals surface area contributed by atoms with Gasteiger partial charge in [0.25, 0.3) is 0 Å². The third kappa shape index (κ3) is 18.2. The molecule has 6 aliphatic heterocycles. The number of aliphatic hydroxyl groups is 6. The van der Waals surface area contributed by atoms with Crippen molar-refractivity contribution >= 4 is 75.7 Å². The molecule has 6 aromatic rings. The maximum absolute atomic E-state index is 14.2. The fourth-order valence-electron chi connectivity index (χ4n) is 10.4. The Morgan fingerprint density at radius 3 is 1.26 bits per heavy atom. The first-order valence-electron chi connectivity index (χ1n) is 29.1. The van der Waals surface area contributed by atoms with Crippen molar-refractivity contribution in [2.45, 2.75) is 132 Å². The minimum atomic E-state index is -4.14. The fraction of sp³-hybridized carbons (Fsp3) is 0.474. The van der Waals surface area contributed by atoms with E-state index in [0.29, 0.717) is 39.0 Å². The van der Waals surface area contributed by atoms with Crippen LogP contribution in [0.5, 0.6) is 0 Å². The number of rotatable bonds is 15. The van der Waals surface area contributed by atoms with Crippen LogP contribution in [0.1, 0.15) is 91.8 Å². The Morgan fingerprint density at radius 1 is 0.505 bits per heavy atom. The quantitative estimate of drug-likeness (QED) is 0.0499. The SMILES string of the molecule is C.Cc1ccn([C@@H]2O[C@H](CO[P@]3(=O)OCC[C@H](c4cc(Cl)ccc4F)O3)[C@@H](O)[C@@H]2O)c(=O)n1.Cc1ccn([C@@H]2O[C@H](CO[P@]3(=O)OCC[C@H](c4cc(F)ccc4Cl)O3)[C@@H](O)[C@@H]2O)c(=O)n1.Nc1ccn([C@@H]2O[C@H](CO[P@]3(=O)OCC[C@H](c4cc(Cl)ccc4Cl)O3)[C@@H](O)[C@@H]2O)c(=O)n1. The predicted octanol–water partition coefficient (Wildman–Crippen LogP) is 7.22. The van der Waals surface area contributed by atoms with E-state index in [9.17, 15) is 67.5 Å². The number of phosphoric acid groups is 3. The molecular formula is C57H66Cl4F2N7O24P3.